The van der Waals surface area contributed by atoms with Crippen molar-refractivity contribution in [2.45, 2.75) is 72.3 Å². The van der Waals surface area contributed by atoms with Gasteiger partial charge in [0.25, 0.3) is 0 Å². The van der Waals surface area contributed by atoms with Crippen molar-refractivity contribution in [1.82, 2.24) is 14.9 Å². The summed E-state index contributed by atoms with van der Waals surface area (Å²) in [6.07, 6.45) is 0.0834. The molecule has 10 heteroatoms. The van der Waals surface area contributed by atoms with E-state index in [0.29, 0.717) is 6.42 Å². The Bertz CT molecular complexity index is 1170. The number of nitrogens with zero attached hydrogens (tertiary/aromatic N) is 1. The van der Waals surface area contributed by atoms with Gasteiger partial charge in [-0.1, -0.05) is 95.3 Å². The number of nitrogens with one attached hydrogen (secondary N) is 2. The van der Waals surface area contributed by atoms with Crippen LogP contribution >= 0.6 is 0 Å². The van der Waals surface area contributed by atoms with Gasteiger partial charge in [-0.2, -0.15) is 4.31 Å². The minimum atomic E-state index is -3.59. The molecular weight excluding hydrogens is 530 g/mol. The SMILES string of the molecule is CC(C)CCN(CC(O)C(Cc1ccccc1)NC(=O)C(NC(=O)OCc1ccccc1)C(C)(C)C)S(C)(=O)=O. The van der Waals surface area contributed by atoms with Gasteiger partial charge in [0.1, 0.15) is 12.6 Å². The number of hydrogen-bond acceptors (Lipinski definition) is 6. The average molecular weight is 576 g/mol. The molecule has 3 N–H and O–H groups in total. The number of hydrogen-bond donors (Lipinski definition) is 3. The lowest BCUT2D eigenvalue weighted by Gasteiger charge is -2.34. The molecule has 0 saturated heterocycles. The van der Waals surface area contributed by atoms with Gasteiger partial charge < -0.3 is 20.5 Å². The van der Waals surface area contributed by atoms with Crippen LogP contribution < -0.4 is 10.6 Å². The number of amides is 2. The van der Waals surface area contributed by atoms with Crippen molar-refractivity contribution in [2.75, 3.05) is 19.3 Å². The molecule has 0 aliphatic carbocycles. The Morgan fingerprint density at radius 1 is 0.950 bits per heavy atom. The summed E-state index contributed by atoms with van der Waals surface area (Å²) in [5, 5.41) is 16.8. The van der Waals surface area contributed by atoms with E-state index >= 15 is 0 Å². The third-order valence-electron chi connectivity index (χ3n) is 6.51. The predicted octanol–water partition coefficient (Wildman–Crippen LogP) is 3.72. The van der Waals surface area contributed by atoms with Crippen molar-refractivity contribution in [2.24, 2.45) is 11.3 Å². The maximum Gasteiger partial charge on any atom is 0.408 e. The summed E-state index contributed by atoms with van der Waals surface area (Å²) in [5.41, 5.74) is 0.990. The van der Waals surface area contributed by atoms with E-state index in [1.54, 1.807) is 0 Å². The van der Waals surface area contributed by atoms with Gasteiger partial charge >= 0.3 is 6.09 Å². The average Bonchev–Trinajstić information content (AvgIpc) is 2.87. The molecule has 0 fully saturated rings. The van der Waals surface area contributed by atoms with Crippen LogP contribution in [-0.2, 0) is 32.6 Å². The Hall–Kier alpha value is -2.95. The Morgan fingerprint density at radius 3 is 2.00 bits per heavy atom. The normalized spacial score (nSPS) is 14.4. The second kappa shape index (κ2) is 15.2. The van der Waals surface area contributed by atoms with E-state index < -0.39 is 45.6 Å². The van der Waals surface area contributed by atoms with Gasteiger partial charge in [0.05, 0.1) is 18.4 Å². The van der Waals surface area contributed by atoms with Crippen LogP contribution in [0.3, 0.4) is 0 Å². The summed E-state index contributed by atoms with van der Waals surface area (Å²) in [6, 6.07) is 16.7. The smallest absolute Gasteiger partial charge is 0.408 e. The molecule has 0 bridgehead atoms. The van der Waals surface area contributed by atoms with E-state index in [9.17, 15) is 23.1 Å². The number of carbonyl (C=O) groups is 2. The first-order valence-electron chi connectivity index (χ1n) is 13.6. The minimum Gasteiger partial charge on any atom is -0.445 e. The van der Waals surface area contributed by atoms with Crippen LogP contribution in [0.5, 0.6) is 0 Å². The molecule has 0 aromatic heterocycles. The van der Waals surface area contributed by atoms with E-state index in [2.05, 4.69) is 10.6 Å². The van der Waals surface area contributed by atoms with Gasteiger partial charge in [0.15, 0.2) is 0 Å². The van der Waals surface area contributed by atoms with Gasteiger partial charge in [0.2, 0.25) is 15.9 Å². The van der Waals surface area contributed by atoms with Crippen LogP contribution in [0.1, 0.15) is 52.2 Å². The Kier molecular flexibility index (Phi) is 12.6. The van der Waals surface area contributed by atoms with Gasteiger partial charge in [-0.25, -0.2) is 13.2 Å². The molecule has 0 aliphatic heterocycles. The van der Waals surface area contributed by atoms with Gasteiger partial charge in [-0.3, -0.25) is 4.79 Å². The fourth-order valence-electron chi connectivity index (χ4n) is 4.11. The van der Waals surface area contributed by atoms with Gasteiger partial charge in [-0.15, -0.1) is 0 Å². The fourth-order valence-corrected chi connectivity index (χ4v) is 4.97. The number of rotatable bonds is 14. The number of sulfonamides is 1. The lowest BCUT2D eigenvalue weighted by Crippen LogP contribution is -2.58. The van der Waals surface area contributed by atoms with Crippen molar-refractivity contribution in [3.05, 3.63) is 71.8 Å². The Balaban J connectivity index is 2.21. The lowest BCUT2D eigenvalue weighted by atomic mass is 9.85. The number of carbonyl (C=O) groups excluding carboxylic acids is 2. The van der Waals surface area contributed by atoms with Gasteiger partial charge in [-0.05, 0) is 35.3 Å². The van der Waals surface area contributed by atoms with Crippen molar-refractivity contribution >= 4 is 22.0 Å². The van der Waals surface area contributed by atoms with Gasteiger partial charge in [0, 0.05) is 13.1 Å². The maximum absolute atomic E-state index is 13.6. The molecule has 3 unspecified atom stereocenters. The van der Waals surface area contributed by atoms with E-state index in [0.717, 1.165) is 17.4 Å². The highest BCUT2D eigenvalue weighted by Gasteiger charge is 2.36. The van der Waals surface area contributed by atoms with Crippen LogP contribution in [0.2, 0.25) is 0 Å². The molecule has 40 heavy (non-hydrogen) atoms. The zero-order chi connectivity index (χ0) is 29.9. The topological polar surface area (TPSA) is 125 Å². The standard InChI is InChI=1S/C30H45N3O6S/c1-22(2)17-18-33(40(6,37)38)20-26(34)25(19-23-13-9-7-10-14-23)31-28(35)27(30(3,4)5)32-29(36)39-21-24-15-11-8-12-16-24/h7-16,22,25-27,34H,17-21H2,1-6H3,(H,31,35)(H,32,36). The summed E-state index contributed by atoms with van der Waals surface area (Å²) >= 11 is 0. The quantitative estimate of drug-likeness (QED) is 0.315. The lowest BCUT2D eigenvalue weighted by molar-refractivity contribution is -0.127. The first-order valence-corrected chi connectivity index (χ1v) is 15.5. The van der Waals surface area contributed by atoms with E-state index in [4.69, 9.17) is 4.74 Å². The van der Waals surface area contributed by atoms with E-state index in [1.165, 1.54) is 4.31 Å². The van der Waals surface area contributed by atoms with E-state index in [1.807, 2.05) is 95.3 Å². The molecule has 2 aromatic rings. The number of benzene rings is 2. The zero-order valence-corrected chi connectivity index (χ0v) is 25.3. The number of ether oxygens (including phenoxy) is 1. The maximum atomic E-state index is 13.6. The third kappa shape index (κ3) is 11.7. The molecular formula is C30H45N3O6S. The zero-order valence-electron chi connectivity index (χ0n) is 24.5. The first kappa shape index (κ1) is 33.3. The molecule has 2 rings (SSSR count). The number of aliphatic hydroxyl groups excluding tert-OH is 1. The van der Waals surface area contributed by atoms with Crippen LogP contribution in [-0.4, -0.2) is 67.4 Å². The Morgan fingerprint density at radius 2 is 1.50 bits per heavy atom. The summed E-state index contributed by atoms with van der Waals surface area (Å²) in [5.74, 6) is -0.223. The Labute approximate surface area is 239 Å². The van der Waals surface area contributed by atoms with Crippen LogP contribution in [0, 0.1) is 11.3 Å². The largest absolute Gasteiger partial charge is 0.445 e. The molecule has 0 spiro atoms. The monoisotopic (exact) mass is 575 g/mol. The predicted molar refractivity (Wildman–Crippen MR) is 157 cm³/mol. The van der Waals surface area contributed by atoms with E-state index in [-0.39, 0.29) is 32.0 Å². The molecule has 0 aliphatic rings. The molecule has 222 valence electrons. The molecule has 2 aromatic carbocycles. The molecule has 0 saturated carbocycles. The second-order valence-corrected chi connectivity index (χ2v) is 13.7. The van der Waals surface area contributed by atoms with Crippen molar-refractivity contribution in [3.8, 4) is 0 Å². The molecule has 0 heterocycles. The summed E-state index contributed by atoms with van der Waals surface area (Å²) in [6.45, 7) is 9.59. The molecule has 2 amide bonds. The van der Waals surface area contributed by atoms with Crippen molar-refractivity contribution < 1.29 is 27.9 Å². The summed E-state index contributed by atoms with van der Waals surface area (Å²) in [4.78, 5) is 26.2. The summed E-state index contributed by atoms with van der Waals surface area (Å²) in [7, 11) is -3.59. The van der Waals surface area contributed by atoms with Crippen molar-refractivity contribution in [1.29, 1.82) is 0 Å². The second-order valence-electron chi connectivity index (χ2n) is 11.7. The highest BCUT2D eigenvalue weighted by atomic mass is 32.2. The third-order valence-corrected chi connectivity index (χ3v) is 7.78. The fraction of sp³-hybridized carbons (Fsp3) is 0.533. The number of aliphatic hydroxyl groups is 1. The number of alkyl carbamates (subject to hydrolysis) is 1. The summed E-state index contributed by atoms with van der Waals surface area (Å²) < 4.78 is 31.5. The first-order chi connectivity index (χ1) is 18.7. The minimum absolute atomic E-state index is 0.0538. The molecule has 0 radical (unpaired) electrons. The van der Waals surface area contributed by atoms with Crippen molar-refractivity contribution in [3.63, 3.8) is 0 Å². The highest BCUT2D eigenvalue weighted by molar-refractivity contribution is 7.88. The van der Waals surface area contributed by atoms with Crippen LogP contribution in [0.4, 0.5) is 4.79 Å². The molecule has 9 nitrogen and oxygen atoms in total. The highest BCUT2D eigenvalue weighted by Crippen LogP contribution is 2.21. The van der Waals surface area contributed by atoms with Crippen LogP contribution in [0.25, 0.3) is 0 Å². The van der Waals surface area contributed by atoms with Crippen LogP contribution in [0.15, 0.2) is 60.7 Å². The molecule has 3 atom stereocenters.